The summed E-state index contributed by atoms with van der Waals surface area (Å²) in [6, 6.07) is 0. The Morgan fingerprint density at radius 3 is 2.50 bits per heavy atom. The molecule has 2 bridgehead atoms. The van der Waals surface area contributed by atoms with Gasteiger partial charge in [0.05, 0.1) is 10.8 Å². The van der Waals surface area contributed by atoms with Gasteiger partial charge in [-0.25, -0.2) is 0 Å². The largest absolute Gasteiger partial charge is 0.121 e. The van der Waals surface area contributed by atoms with Gasteiger partial charge in [0.1, 0.15) is 0 Å². The number of allylic oxidation sites excluding steroid dienone is 2. The van der Waals surface area contributed by atoms with E-state index in [2.05, 4.69) is 19.1 Å². The molecule has 0 aliphatic heterocycles. The van der Waals surface area contributed by atoms with Crippen LogP contribution in [0, 0.1) is 11.3 Å². The van der Waals surface area contributed by atoms with Gasteiger partial charge in [0, 0.05) is 5.41 Å². The lowest BCUT2D eigenvalue weighted by Crippen LogP contribution is -2.26. The molecular formula is C8H10Cl2. The highest BCUT2D eigenvalue weighted by Crippen LogP contribution is 2.53. The monoisotopic (exact) mass is 176 g/mol. The SMILES string of the molecule is C[C@@]12C=C[C@@H](C1)[C@H](Cl)[C@@H]2Cl. The Morgan fingerprint density at radius 1 is 1.50 bits per heavy atom. The summed E-state index contributed by atoms with van der Waals surface area (Å²) in [4.78, 5) is 0. The molecule has 4 atom stereocenters. The molecule has 0 amide bonds. The van der Waals surface area contributed by atoms with E-state index in [1.807, 2.05) is 0 Å². The van der Waals surface area contributed by atoms with E-state index in [0.717, 1.165) is 6.42 Å². The van der Waals surface area contributed by atoms with Crippen molar-refractivity contribution < 1.29 is 0 Å². The Bertz CT molecular complexity index is 188. The third kappa shape index (κ3) is 0.695. The summed E-state index contributed by atoms with van der Waals surface area (Å²) in [6.07, 6.45) is 5.57. The van der Waals surface area contributed by atoms with Crippen LogP contribution in [-0.4, -0.2) is 10.8 Å². The molecule has 2 aliphatic rings. The van der Waals surface area contributed by atoms with Crippen LogP contribution in [0.15, 0.2) is 12.2 Å². The van der Waals surface area contributed by atoms with E-state index >= 15 is 0 Å². The maximum Gasteiger partial charge on any atom is 0.0593 e. The molecule has 0 radical (unpaired) electrons. The molecule has 0 aromatic rings. The molecule has 1 fully saturated rings. The average molecular weight is 177 g/mol. The second kappa shape index (κ2) is 1.92. The first-order chi connectivity index (χ1) is 4.63. The molecule has 2 heteroatoms. The molecule has 0 spiro atoms. The lowest BCUT2D eigenvalue weighted by molar-refractivity contribution is 0.462. The Hall–Kier alpha value is 0.320. The second-order valence-electron chi connectivity index (χ2n) is 3.58. The zero-order valence-corrected chi connectivity index (χ0v) is 7.36. The average Bonchev–Trinajstić information content (AvgIpc) is 2.35. The summed E-state index contributed by atoms with van der Waals surface area (Å²) in [5.74, 6) is 0.536. The predicted molar refractivity (Wildman–Crippen MR) is 44.6 cm³/mol. The highest BCUT2D eigenvalue weighted by Gasteiger charge is 2.50. The first kappa shape index (κ1) is 7.00. The van der Waals surface area contributed by atoms with Crippen molar-refractivity contribution in [1.82, 2.24) is 0 Å². The molecule has 0 saturated heterocycles. The van der Waals surface area contributed by atoms with Crippen LogP contribution in [0.2, 0.25) is 0 Å². The van der Waals surface area contributed by atoms with Gasteiger partial charge in [-0.05, 0) is 12.3 Å². The van der Waals surface area contributed by atoms with Crippen LogP contribution in [0.5, 0.6) is 0 Å². The van der Waals surface area contributed by atoms with Gasteiger partial charge in [-0.3, -0.25) is 0 Å². The van der Waals surface area contributed by atoms with E-state index in [-0.39, 0.29) is 16.2 Å². The molecule has 0 aromatic heterocycles. The van der Waals surface area contributed by atoms with Gasteiger partial charge in [0.15, 0.2) is 0 Å². The number of hydrogen-bond donors (Lipinski definition) is 0. The van der Waals surface area contributed by atoms with Crippen molar-refractivity contribution in [3.63, 3.8) is 0 Å². The second-order valence-corrected chi connectivity index (χ2v) is 4.55. The van der Waals surface area contributed by atoms with Crippen molar-refractivity contribution in [3.8, 4) is 0 Å². The zero-order valence-electron chi connectivity index (χ0n) is 5.85. The third-order valence-corrected chi connectivity index (χ3v) is 4.19. The Labute approximate surface area is 71.2 Å². The fourth-order valence-corrected chi connectivity index (χ4v) is 2.80. The van der Waals surface area contributed by atoms with Crippen LogP contribution in [0.3, 0.4) is 0 Å². The fourth-order valence-electron chi connectivity index (χ4n) is 1.99. The van der Waals surface area contributed by atoms with E-state index in [1.165, 1.54) is 0 Å². The van der Waals surface area contributed by atoms with Crippen LogP contribution in [0.4, 0.5) is 0 Å². The molecule has 0 N–H and O–H groups in total. The van der Waals surface area contributed by atoms with Gasteiger partial charge in [0.25, 0.3) is 0 Å². The van der Waals surface area contributed by atoms with Crippen molar-refractivity contribution in [3.05, 3.63) is 12.2 Å². The van der Waals surface area contributed by atoms with Gasteiger partial charge in [0.2, 0.25) is 0 Å². The van der Waals surface area contributed by atoms with Crippen LogP contribution >= 0.6 is 23.2 Å². The maximum absolute atomic E-state index is 6.12. The zero-order chi connectivity index (χ0) is 7.35. The minimum Gasteiger partial charge on any atom is -0.121 e. The molecule has 0 aromatic carbocycles. The standard InChI is InChI=1S/C8H10Cl2/c1-8-3-2-5(4-8)6(9)7(8)10/h2-3,5-7H,4H2,1H3/t5-,6-,7-,8+/m0/s1. The summed E-state index contributed by atoms with van der Waals surface area (Å²) in [5.41, 5.74) is 0.193. The van der Waals surface area contributed by atoms with Crippen molar-refractivity contribution >= 4 is 23.2 Å². The third-order valence-electron chi connectivity index (χ3n) is 2.72. The van der Waals surface area contributed by atoms with Crippen LogP contribution < -0.4 is 0 Å². The Kier molecular flexibility index (Phi) is 1.34. The smallest absolute Gasteiger partial charge is 0.0593 e. The van der Waals surface area contributed by atoms with E-state index in [9.17, 15) is 0 Å². The lowest BCUT2D eigenvalue weighted by atomic mass is 9.90. The minimum absolute atomic E-state index is 0.143. The molecule has 10 heavy (non-hydrogen) atoms. The normalized spacial score (nSPS) is 58.1. The summed E-state index contributed by atoms with van der Waals surface area (Å²) in [7, 11) is 0. The molecule has 0 heterocycles. The summed E-state index contributed by atoms with van der Waals surface area (Å²) >= 11 is 12.2. The lowest BCUT2D eigenvalue weighted by Gasteiger charge is -2.24. The summed E-state index contributed by atoms with van der Waals surface area (Å²) in [5, 5.41) is 0.306. The summed E-state index contributed by atoms with van der Waals surface area (Å²) < 4.78 is 0. The number of halogens is 2. The quantitative estimate of drug-likeness (QED) is 0.394. The first-order valence-corrected chi connectivity index (χ1v) is 4.48. The van der Waals surface area contributed by atoms with Crippen LogP contribution in [0.25, 0.3) is 0 Å². The van der Waals surface area contributed by atoms with Crippen LogP contribution in [-0.2, 0) is 0 Å². The van der Waals surface area contributed by atoms with Gasteiger partial charge in [-0.2, -0.15) is 0 Å². The number of rotatable bonds is 0. The summed E-state index contributed by atoms with van der Waals surface area (Å²) in [6.45, 7) is 2.18. The van der Waals surface area contributed by atoms with Gasteiger partial charge in [-0.15, -0.1) is 23.2 Å². The molecule has 0 unspecified atom stereocenters. The first-order valence-electron chi connectivity index (χ1n) is 3.61. The Morgan fingerprint density at radius 2 is 2.20 bits per heavy atom. The molecule has 1 saturated carbocycles. The van der Waals surface area contributed by atoms with Gasteiger partial charge >= 0.3 is 0 Å². The van der Waals surface area contributed by atoms with E-state index < -0.39 is 0 Å². The molecule has 2 aliphatic carbocycles. The van der Waals surface area contributed by atoms with Crippen LogP contribution in [0.1, 0.15) is 13.3 Å². The van der Waals surface area contributed by atoms with E-state index in [4.69, 9.17) is 23.2 Å². The molecular weight excluding hydrogens is 167 g/mol. The molecule has 0 nitrogen and oxygen atoms in total. The maximum atomic E-state index is 6.12. The highest BCUT2D eigenvalue weighted by molar-refractivity contribution is 6.31. The van der Waals surface area contributed by atoms with E-state index in [1.54, 1.807) is 0 Å². The number of hydrogen-bond acceptors (Lipinski definition) is 0. The van der Waals surface area contributed by atoms with Crippen molar-refractivity contribution in [1.29, 1.82) is 0 Å². The highest BCUT2D eigenvalue weighted by atomic mass is 35.5. The fraction of sp³-hybridized carbons (Fsp3) is 0.750. The van der Waals surface area contributed by atoms with Crippen molar-refractivity contribution in [2.45, 2.75) is 24.1 Å². The van der Waals surface area contributed by atoms with Gasteiger partial charge < -0.3 is 0 Å². The van der Waals surface area contributed by atoms with Crippen molar-refractivity contribution in [2.75, 3.05) is 0 Å². The topological polar surface area (TPSA) is 0 Å². The van der Waals surface area contributed by atoms with E-state index in [0.29, 0.717) is 5.92 Å². The minimum atomic E-state index is 0.143. The molecule has 56 valence electrons. The Balaban J connectivity index is 2.35. The van der Waals surface area contributed by atoms with Gasteiger partial charge in [-0.1, -0.05) is 19.1 Å². The molecule has 2 rings (SSSR count). The number of alkyl halides is 2. The number of fused-ring (bicyclic) bond motifs is 2. The predicted octanol–water partition coefficient (Wildman–Crippen LogP) is 2.80. The van der Waals surface area contributed by atoms with Crippen molar-refractivity contribution in [2.24, 2.45) is 11.3 Å².